The van der Waals surface area contributed by atoms with E-state index in [4.69, 9.17) is 0 Å². The van der Waals surface area contributed by atoms with Crippen LogP contribution in [0.25, 0.3) is 27.3 Å². The third-order valence-electron chi connectivity index (χ3n) is 9.40. The number of Topliss-reactive ketones (excluding diaryl/α,β-unsaturated/α-hetero) is 2. The minimum Gasteiger partial charge on any atom is -0.310 e. The van der Waals surface area contributed by atoms with E-state index in [1.54, 1.807) is 17.4 Å². The monoisotopic (exact) mass is 631 g/mol. The third-order valence-corrected chi connectivity index (χ3v) is 10.5. The van der Waals surface area contributed by atoms with Crippen molar-refractivity contribution >= 4 is 56.8 Å². The Hall–Kier alpha value is -5.20. The van der Waals surface area contributed by atoms with Crippen LogP contribution in [0.2, 0.25) is 0 Å². The number of pyridine rings is 2. The van der Waals surface area contributed by atoms with Gasteiger partial charge in [-0.05, 0) is 116 Å². The highest BCUT2D eigenvalue weighted by Gasteiger charge is 2.39. The summed E-state index contributed by atoms with van der Waals surface area (Å²) < 4.78 is 0. The molecule has 5 nitrogen and oxygen atoms in total. The van der Waals surface area contributed by atoms with Gasteiger partial charge >= 0.3 is 0 Å². The standard InChI is InChI=1S/C41H33N3O2S/c1-22-13-29(14-23(2)42-22)44(30-15-24(3)43-25(4)16-30)28-11-12-32-36(19-28)41(5,6)37-21-31(47-40(32)37)20-35-38(45)33-17-26-9-7-8-10-27(26)18-34(33)39(35)46/h7-21H,1-6H3. The number of benzene rings is 3. The fraction of sp³-hybridized carbons (Fsp3) is 0.171. The quantitative estimate of drug-likeness (QED) is 0.143. The predicted molar refractivity (Wildman–Crippen MR) is 192 cm³/mol. The first kappa shape index (κ1) is 29.2. The zero-order chi connectivity index (χ0) is 32.8. The van der Waals surface area contributed by atoms with E-state index in [9.17, 15) is 9.59 Å². The van der Waals surface area contributed by atoms with Crippen molar-refractivity contribution in [1.29, 1.82) is 0 Å². The molecule has 0 saturated carbocycles. The molecule has 0 atom stereocenters. The highest BCUT2D eigenvalue weighted by Crippen LogP contribution is 2.54. The van der Waals surface area contributed by atoms with Crippen LogP contribution in [0.1, 0.15) is 73.3 Å². The molecular weight excluding hydrogens is 599 g/mol. The van der Waals surface area contributed by atoms with Gasteiger partial charge < -0.3 is 4.90 Å². The van der Waals surface area contributed by atoms with E-state index in [-0.39, 0.29) is 22.6 Å². The van der Waals surface area contributed by atoms with Gasteiger partial charge in [-0.15, -0.1) is 11.3 Å². The first-order valence-electron chi connectivity index (χ1n) is 15.8. The Morgan fingerprint density at radius 3 is 1.68 bits per heavy atom. The summed E-state index contributed by atoms with van der Waals surface area (Å²) in [6.45, 7) is 12.6. The smallest absolute Gasteiger partial charge is 0.197 e. The molecule has 0 saturated heterocycles. The molecule has 0 unspecified atom stereocenters. The van der Waals surface area contributed by atoms with E-state index in [1.807, 2.05) is 64.1 Å². The number of rotatable bonds is 4. The Morgan fingerprint density at radius 2 is 1.15 bits per heavy atom. The Kier molecular flexibility index (Phi) is 6.47. The lowest BCUT2D eigenvalue weighted by atomic mass is 9.82. The summed E-state index contributed by atoms with van der Waals surface area (Å²) in [5.74, 6) is -0.395. The van der Waals surface area contributed by atoms with Gasteiger partial charge in [0.2, 0.25) is 0 Å². The van der Waals surface area contributed by atoms with Gasteiger partial charge in [0.25, 0.3) is 0 Å². The molecule has 0 fully saturated rings. The number of hydrogen-bond donors (Lipinski definition) is 0. The maximum Gasteiger partial charge on any atom is 0.197 e. The van der Waals surface area contributed by atoms with E-state index in [1.165, 1.54) is 21.6 Å². The molecule has 8 rings (SSSR count). The number of thiophene rings is 1. The van der Waals surface area contributed by atoms with E-state index >= 15 is 0 Å². The van der Waals surface area contributed by atoms with Crippen LogP contribution in [0.4, 0.5) is 17.1 Å². The van der Waals surface area contributed by atoms with Gasteiger partial charge in [-0.2, -0.15) is 0 Å². The molecule has 2 aliphatic carbocycles. The minimum absolute atomic E-state index is 0.197. The SMILES string of the molecule is Cc1cc(N(c2cc(C)nc(C)c2)c2ccc3c(c2)C(C)(C)c2cc(C=C4C(=O)c5cc6ccccc6cc5C4=O)sc2-3)cc(C)n1. The van der Waals surface area contributed by atoms with Gasteiger partial charge in [0.1, 0.15) is 0 Å². The number of carbonyl (C=O) groups excluding carboxylic acids is 2. The van der Waals surface area contributed by atoms with Crippen molar-refractivity contribution in [3.63, 3.8) is 0 Å². The number of aryl methyl sites for hydroxylation is 4. The zero-order valence-electron chi connectivity index (χ0n) is 27.2. The minimum atomic E-state index is -0.280. The highest BCUT2D eigenvalue weighted by atomic mass is 32.1. The van der Waals surface area contributed by atoms with Crippen molar-refractivity contribution in [2.45, 2.75) is 47.0 Å². The van der Waals surface area contributed by atoms with Crippen LogP contribution >= 0.6 is 11.3 Å². The van der Waals surface area contributed by atoms with E-state index < -0.39 is 0 Å². The van der Waals surface area contributed by atoms with Crippen molar-refractivity contribution in [1.82, 2.24) is 9.97 Å². The number of aromatic nitrogens is 2. The molecular formula is C41H33N3O2S. The van der Waals surface area contributed by atoms with Gasteiger partial charge in [-0.25, -0.2) is 0 Å². The number of fused-ring (bicyclic) bond motifs is 5. The summed E-state index contributed by atoms with van der Waals surface area (Å²) in [6.07, 6.45) is 1.80. The Balaban J connectivity index is 1.20. The molecule has 0 bridgehead atoms. The van der Waals surface area contributed by atoms with Gasteiger partial charge in [-0.1, -0.05) is 44.2 Å². The first-order valence-corrected chi connectivity index (χ1v) is 16.6. The maximum absolute atomic E-state index is 13.5. The van der Waals surface area contributed by atoms with Crippen molar-refractivity contribution in [3.8, 4) is 10.4 Å². The van der Waals surface area contributed by atoms with Crippen LogP contribution in [-0.2, 0) is 5.41 Å². The van der Waals surface area contributed by atoms with Crippen molar-refractivity contribution in [3.05, 3.63) is 140 Å². The lowest BCUT2D eigenvalue weighted by Crippen LogP contribution is -2.17. The van der Waals surface area contributed by atoms with Crippen molar-refractivity contribution in [2.75, 3.05) is 4.90 Å². The van der Waals surface area contributed by atoms with Crippen LogP contribution in [0.3, 0.4) is 0 Å². The fourth-order valence-corrected chi connectivity index (χ4v) is 8.59. The summed E-state index contributed by atoms with van der Waals surface area (Å²) in [5, 5.41) is 1.92. The lowest BCUT2D eigenvalue weighted by Gasteiger charge is -2.29. The average molecular weight is 632 g/mol. The Labute approximate surface area is 278 Å². The molecule has 0 aliphatic heterocycles. The molecule has 0 N–H and O–H groups in total. The van der Waals surface area contributed by atoms with Crippen LogP contribution in [-0.4, -0.2) is 21.5 Å². The molecule has 2 aliphatic rings. The summed E-state index contributed by atoms with van der Waals surface area (Å²) in [4.78, 5) is 40.6. The molecule has 230 valence electrons. The number of allylic oxidation sites excluding steroid dienone is 1. The predicted octanol–water partition coefficient (Wildman–Crippen LogP) is 10.2. The molecule has 0 amide bonds. The maximum atomic E-state index is 13.5. The Morgan fingerprint density at radius 1 is 0.617 bits per heavy atom. The summed E-state index contributed by atoms with van der Waals surface area (Å²) in [6, 6.07) is 28.9. The van der Waals surface area contributed by atoms with Gasteiger partial charge in [0.05, 0.1) is 5.57 Å². The molecule has 6 aromatic rings. The molecule has 0 radical (unpaired) electrons. The second-order valence-corrected chi connectivity index (χ2v) is 14.3. The summed E-state index contributed by atoms with van der Waals surface area (Å²) in [5.41, 5.74) is 11.6. The number of nitrogens with zero attached hydrogens (tertiary/aromatic N) is 3. The highest BCUT2D eigenvalue weighted by molar-refractivity contribution is 7.16. The topological polar surface area (TPSA) is 63.2 Å². The fourth-order valence-electron chi connectivity index (χ4n) is 7.29. The van der Waals surface area contributed by atoms with E-state index in [0.717, 1.165) is 55.5 Å². The van der Waals surface area contributed by atoms with Crippen LogP contribution in [0, 0.1) is 27.7 Å². The second-order valence-electron chi connectivity index (χ2n) is 13.3. The van der Waals surface area contributed by atoms with Gasteiger partial charge in [0.15, 0.2) is 11.6 Å². The number of anilines is 3. The van der Waals surface area contributed by atoms with Crippen molar-refractivity contribution < 1.29 is 9.59 Å². The van der Waals surface area contributed by atoms with Crippen LogP contribution in [0.5, 0.6) is 0 Å². The average Bonchev–Trinajstić information content (AvgIpc) is 3.61. The largest absolute Gasteiger partial charge is 0.310 e. The zero-order valence-corrected chi connectivity index (χ0v) is 28.0. The van der Waals surface area contributed by atoms with E-state index in [2.05, 4.69) is 77.2 Å². The lowest BCUT2D eigenvalue weighted by molar-refractivity contribution is 0.0990. The van der Waals surface area contributed by atoms with Crippen molar-refractivity contribution in [2.24, 2.45) is 0 Å². The number of carbonyl (C=O) groups is 2. The molecule has 0 spiro atoms. The Bertz CT molecular complexity index is 2230. The molecule has 6 heteroatoms. The third kappa shape index (κ3) is 4.66. The number of ketones is 2. The molecule has 3 aromatic carbocycles. The second kappa shape index (κ2) is 10.4. The number of hydrogen-bond acceptors (Lipinski definition) is 6. The molecule has 3 aromatic heterocycles. The molecule has 47 heavy (non-hydrogen) atoms. The van der Waals surface area contributed by atoms with Gasteiger partial charge in [0, 0.05) is 66.1 Å². The summed E-state index contributed by atoms with van der Waals surface area (Å²) in [7, 11) is 0. The molecule has 3 heterocycles. The van der Waals surface area contributed by atoms with Crippen LogP contribution in [0.15, 0.2) is 90.5 Å². The normalized spacial score (nSPS) is 14.4. The summed E-state index contributed by atoms with van der Waals surface area (Å²) >= 11 is 1.64. The van der Waals surface area contributed by atoms with Gasteiger partial charge in [-0.3, -0.25) is 19.6 Å². The first-order chi connectivity index (χ1) is 22.5. The van der Waals surface area contributed by atoms with Crippen LogP contribution < -0.4 is 4.90 Å². The van der Waals surface area contributed by atoms with E-state index in [0.29, 0.717) is 11.1 Å².